The van der Waals surface area contributed by atoms with Gasteiger partial charge in [-0.05, 0) is 18.6 Å². The van der Waals surface area contributed by atoms with Gasteiger partial charge >= 0.3 is 0 Å². The van der Waals surface area contributed by atoms with Gasteiger partial charge in [-0.25, -0.2) is 9.97 Å². The summed E-state index contributed by atoms with van der Waals surface area (Å²) in [5, 5.41) is 7.25. The molecule has 0 aromatic carbocycles. The molecule has 0 radical (unpaired) electrons. The van der Waals surface area contributed by atoms with Crippen LogP contribution < -0.4 is 15.0 Å². The summed E-state index contributed by atoms with van der Waals surface area (Å²) in [4.78, 5) is 27.7. The molecule has 1 N–H and O–H groups in total. The van der Waals surface area contributed by atoms with Crippen LogP contribution in [0, 0.1) is 0 Å². The second-order valence-electron chi connectivity index (χ2n) is 6.63. The smallest absolute Gasteiger partial charge is 0.255 e. The molecule has 0 aliphatic carbocycles. The summed E-state index contributed by atoms with van der Waals surface area (Å²) in [6.07, 6.45) is 9.38. The largest absolute Gasteiger partial charge is 0.494 e. The van der Waals surface area contributed by atoms with Gasteiger partial charge in [0.2, 0.25) is 5.95 Å². The van der Waals surface area contributed by atoms with Crippen LogP contribution in [0.25, 0.3) is 11.3 Å². The van der Waals surface area contributed by atoms with Crippen molar-refractivity contribution in [1.29, 1.82) is 0 Å². The van der Waals surface area contributed by atoms with Crippen molar-refractivity contribution < 1.29 is 9.53 Å². The van der Waals surface area contributed by atoms with E-state index >= 15 is 0 Å². The summed E-state index contributed by atoms with van der Waals surface area (Å²) in [6.45, 7) is 1.42. The van der Waals surface area contributed by atoms with Crippen molar-refractivity contribution in [2.75, 3.05) is 25.1 Å². The van der Waals surface area contributed by atoms with E-state index in [1.54, 1.807) is 29.3 Å². The van der Waals surface area contributed by atoms with E-state index < -0.39 is 0 Å². The molecule has 1 saturated heterocycles. The lowest BCUT2D eigenvalue weighted by Crippen LogP contribution is -2.37. The molecular weight excluding hydrogens is 358 g/mol. The Labute approximate surface area is 162 Å². The number of aryl methyl sites for hydroxylation is 1. The SMILES string of the molecule is COc1cnccc1C(=O)NC1CCN(c2nccc(-c3cnn(C)c3)n2)C1. The van der Waals surface area contributed by atoms with Crippen LogP contribution in [-0.2, 0) is 7.05 Å². The minimum absolute atomic E-state index is 0.0102. The lowest BCUT2D eigenvalue weighted by molar-refractivity contribution is 0.0937. The molecule has 1 aliphatic heterocycles. The Morgan fingerprint density at radius 2 is 2.18 bits per heavy atom. The summed E-state index contributed by atoms with van der Waals surface area (Å²) >= 11 is 0. The molecule has 0 spiro atoms. The third-order valence-corrected chi connectivity index (χ3v) is 4.70. The van der Waals surface area contributed by atoms with Gasteiger partial charge in [0.05, 0.1) is 30.8 Å². The number of ether oxygens (including phenoxy) is 1. The van der Waals surface area contributed by atoms with Crippen LogP contribution in [0.5, 0.6) is 5.75 Å². The Balaban J connectivity index is 1.44. The van der Waals surface area contributed by atoms with Crippen LogP contribution in [0.4, 0.5) is 5.95 Å². The average Bonchev–Trinajstić information content (AvgIpc) is 3.37. The Hall–Kier alpha value is -3.49. The van der Waals surface area contributed by atoms with Gasteiger partial charge in [-0.3, -0.25) is 14.5 Å². The van der Waals surface area contributed by atoms with Gasteiger partial charge in [0.1, 0.15) is 5.75 Å². The molecule has 4 rings (SSSR count). The van der Waals surface area contributed by atoms with E-state index in [0.717, 1.165) is 24.2 Å². The molecule has 3 aromatic heterocycles. The van der Waals surface area contributed by atoms with Crippen LogP contribution in [-0.4, -0.2) is 56.9 Å². The molecule has 0 bridgehead atoms. The fourth-order valence-electron chi connectivity index (χ4n) is 3.27. The Morgan fingerprint density at radius 1 is 1.29 bits per heavy atom. The van der Waals surface area contributed by atoms with E-state index in [1.807, 2.05) is 19.3 Å². The average molecular weight is 379 g/mol. The monoisotopic (exact) mass is 379 g/mol. The molecule has 3 aromatic rings. The van der Waals surface area contributed by atoms with Crippen LogP contribution in [0.1, 0.15) is 16.8 Å². The van der Waals surface area contributed by atoms with Gasteiger partial charge in [-0.15, -0.1) is 0 Å². The number of anilines is 1. The van der Waals surface area contributed by atoms with Crippen LogP contribution in [0.2, 0.25) is 0 Å². The van der Waals surface area contributed by atoms with E-state index in [-0.39, 0.29) is 11.9 Å². The number of nitrogens with zero attached hydrogens (tertiary/aromatic N) is 6. The predicted octanol–water partition coefficient (Wildman–Crippen LogP) is 1.29. The van der Waals surface area contributed by atoms with Gasteiger partial charge in [0, 0.05) is 50.3 Å². The van der Waals surface area contributed by atoms with Crippen molar-refractivity contribution in [3.8, 4) is 17.0 Å². The summed E-state index contributed by atoms with van der Waals surface area (Å²) in [5.41, 5.74) is 2.25. The topological polar surface area (TPSA) is 98.1 Å². The molecule has 9 heteroatoms. The number of amides is 1. The maximum Gasteiger partial charge on any atom is 0.255 e. The Kier molecular flexibility index (Phi) is 4.88. The minimum atomic E-state index is -0.170. The fourth-order valence-corrected chi connectivity index (χ4v) is 3.27. The van der Waals surface area contributed by atoms with E-state index in [4.69, 9.17) is 4.74 Å². The zero-order valence-corrected chi connectivity index (χ0v) is 15.7. The van der Waals surface area contributed by atoms with Crippen LogP contribution in [0.15, 0.2) is 43.1 Å². The summed E-state index contributed by atoms with van der Waals surface area (Å²) in [5.74, 6) is 0.943. The molecule has 4 heterocycles. The van der Waals surface area contributed by atoms with Crippen molar-refractivity contribution in [3.63, 3.8) is 0 Å². The van der Waals surface area contributed by atoms with E-state index in [9.17, 15) is 4.79 Å². The molecule has 28 heavy (non-hydrogen) atoms. The highest BCUT2D eigenvalue weighted by molar-refractivity contribution is 5.97. The lowest BCUT2D eigenvalue weighted by Gasteiger charge is -2.17. The third kappa shape index (κ3) is 3.64. The van der Waals surface area contributed by atoms with Gasteiger partial charge in [0.15, 0.2) is 0 Å². The molecule has 1 fully saturated rings. The maximum atomic E-state index is 12.6. The number of methoxy groups -OCH3 is 1. The van der Waals surface area contributed by atoms with Crippen LogP contribution >= 0.6 is 0 Å². The minimum Gasteiger partial charge on any atom is -0.494 e. The van der Waals surface area contributed by atoms with E-state index in [2.05, 4.69) is 30.3 Å². The zero-order valence-electron chi connectivity index (χ0n) is 15.7. The molecule has 1 aliphatic rings. The number of hydrogen-bond acceptors (Lipinski definition) is 7. The van der Waals surface area contributed by atoms with Crippen molar-refractivity contribution in [2.45, 2.75) is 12.5 Å². The standard InChI is InChI=1S/C19H21N7O2/c1-25-11-13(9-22-25)16-4-7-21-19(24-16)26-8-5-14(12-26)23-18(27)15-3-6-20-10-17(15)28-2/h3-4,6-7,9-11,14H,5,8,12H2,1-2H3,(H,23,27). The Morgan fingerprint density at radius 3 is 2.96 bits per heavy atom. The first-order chi connectivity index (χ1) is 13.6. The maximum absolute atomic E-state index is 12.6. The number of nitrogens with one attached hydrogen (secondary N) is 1. The highest BCUT2D eigenvalue weighted by atomic mass is 16.5. The number of rotatable bonds is 5. The van der Waals surface area contributed by atoms with E-state index in [0.29, 0.717) is 23.8 Å². The second kappa shape index (κ2) is 7.63. The zero-order chi connectivity index (χ0) is 19.5. The molecule has 9 nitrogen and oxygen atoms in total. The molecule has 1 unspecified atom stereocenters. The number of carbonyl (C=O) groups excluding carboxylic acids is 1. The van der Waals surface area contributed by atoms with Gasteiger partial charge in [-0.2, -0.15) is 5.10 Å². The third-order valence-electron chi connectivity index (χ3n) is 4.70. The second-order valence-corrected chi connectivity index (χ2v) is 6.63. The predicted molar refractivity (Wildman–Crippen MR) is 103 cm³/mol. The van der Waals surface area contributed by atoms with Gasteiger partial charge < -0.3 is 15.0 Å². The first kappa shape index (κ1) is 17.9. The molecular formula is C19H21N7O2. The first-order valence-electron chi connectivity index (χ1n) is 9.00. The molecule has 1 amide bonds. The van der Waals surface area contributed by atoms with Crippen molar-refractivity contribution in [1.82, 2.24) is 30.0 Å². The number of aromatic nitrogens is 5. The van der Waals surface area contributed by atoms with E-state index in [1.165, 1.54) is 13.3 Å². The summed E-state index contributed by atoms with van der Waals surface area (Å²) < 4.78 is 6.96. The fraction of sp³-hybridized carbons (Fsp3) is 0.316. The Bertz CT molecular complexity index is 988. The lowest BCUT2D eigenvalue weighted by atomic mass is 10.2. The van der Waals surface area contributed by atoms with Crippen molar-refractivity contribution in [3.05, 3.63) is 48.7 Å². The molecule has 144 valence electrons. The highest BCUT2D eigenvalue weighted by Gasteiger charge is 2.27. The molecule has 0 saturated carbocycles. The van der Waals surface area contributed by atoms with Gasteiger partial charge in [-0.1, -0.05) is 0 Å². The summed E-state index contributed by atoms with van der Waals surface area (Å²) in [7, 11) is 3.40. The summed E-state index contributed by atoms with van der Waals surface area (Å²) in [6, 6.07) is 3.53. The highest BCUT2D eigenvalue weighted by Crippen LogP contribution is 2.22. The number of pyridine rings is 1. The quantitative estimate of drug-likeness (QED) is 0.713. The molecule has 1 atom stereocenters. The van der Waals surface area contributed by atoms with Crippen LogP contribution in [0.3, 0.4) is 0 Å². The van der Waals surface area contributed by atoms with Gasteiger partial charge in [0.25, 0.3) is 5.91 Å². The van der Waals surface area contributed by atoms with Crippen molar-refractivity contribution >= 4 is 11.9 Å². The normalized spacial score (nSPS) is 16.2. The number of carbonyl (C=O) groups is 1. The number of hydrogen-bond donors (Lipinski definition) is 1. The van der Waals surface area contributed by atoms with Crippen molar-refractivity contribution in [2.24, 2.45) is 7.05 Å². The first-order valence-corrected chi connectivity index (χ1v) is 9.00.